The van der Waals surface area contributed by atoms with Gasteiger partial charge in [-0.15, -0.1) is 0 Å². The molecule has 0 radical (unpaired) electrons. The van der Waals surface area contributed by atoms with Gasteiger partial charge in [0.2, 0.25) is 0 Å². The first-order valence-corrected chi connectivity index (χ1v) is 17.0. The van der Waals surface area contributed by atoms with Crippen molar-refractivity contribution in [2.75, 3.05) is 30.0 Å². The number of nitrogens with zero attached hydrogens (tertiary/aromatic N) is 2. The quantitative estimate of drug-likeness (QED) is 0.279. The van der Waals surface area contributed by atoms with Crippen molar-refractivity contribution in [2.24, 2.45) is 0 Å². The van der Waals surface area contributed by atoms with Crippen LogP contribution in [-0.2, 0) is 14.6 Å². The third kappa shape index (κ3) is 9.05. The van der Waals surface area contributed by atoms with E-state index in [1.807, 2.05) is 0 Å². The highest BCUT2D eigenvalue weighted by Crippen LogP contribution is 2.29. The SMILES string of the molecule is CC(C)(C)OC(=O)N1CCC(Oc2cc(S(C)(=O)=O)ccc2C(=O)Nc2cc(I)ccc2C(=O)Nc2ccc(Cl)cn2)CC1. The number of sulfone groups is 1. The molecule has 0 unspecified atom stereocenters. The van der Waals surface area contributed by atoms with Crippen molar-refractivity contribution in [3.63, 3.8) is 0 Å². The molecule has 2 heterocycles. The van der Waals surface area contributed by atoms with Crippen LogP contribution in [0.2, 0.25) is 5.02 Å². The Morgan fingerprint density at radius 3 is 2.25 bits per heavy atom. The highest BCUT2D eigenvalue weighted by molar-refractivity contribution is 14.1. The molecule has 2 N–H and O–H groups in total. The fourth-order valence-electron chi connectivity index (χ4n) is 4.32. The number of rotatable bonds is 7. The van der Waals surface area contributed by atoms with E-state index in [9.17, 15) is 22.8 Å². The lowest BCUT2D eigenvalue weighted by molar-refractivity contribution is 0.0126. The second kappa shape index (κ2) is 13.7. The van der Waals surface area contributed by atoms with Gasteiger partial charge >= 0.3 is 6.09 Å². The Bertz CT molecular complexity index is 1670. The number of pyridine rings is 1. The number of halogens is 2. The van der Waals surface area contributed by atoms with Crippen molar-refractivity contribution >= 4 is 73.4 Å². The van der Waals surface area contributed by atoms with Crippen LogP contribution < -0.4 is 15.4 Å². The number of hydrogen-bond acceptors (Lipinski definition) is 8. The first-order valence-electron chi connectivity index (χ1n) is 13.6. The van der Waals surface area contributed by atoms with Crippen LogP contribution in [0.25, 0.3) is 0 Å². The first-order chi connectivity index (χ1) is 20.6. The molecule has 1 saturated heterocycles. The van der Waals surface area contributed by atoms with Crippen LogP contribution in [-0.4, -0.2) is 67.3 Å². The first kappa shape index (κ1) is 33.5. The highest BCUT2D eigenvalue weighted by Gasteiger charge is 2.29. The van der Waals surface area contributed by atoms with E-state index in [0.29, 0.717) is 31.0 Å². The monoisotopic (exact) mass is 754 g/mol. The van der Waals surface area contributed by atoms with Gasteiger partial charge in [0.15, 0.2) is 9.84 Å². The minimum Gasteiger partial charge on any atom is -0.489 e. The number of hydrogen-bond donors (Lipinski definition) is 2. The van der Waals surface area contributed by atoms with Crippen molar-refractivity contribution in [2.45, 2.75) is 50.2 Å². The summed E-state index contributed by atoms with van der Waals surface area (Å²) in [4.78, 5) is 44.9. The minimum absolute atomic E-state index is 0.0139. The number of carbonyl (C=O) groups excluding carboxylic acids is 3. The number of aromatic nitrogens is 1. The van der Waals surface area contributed by atoms with E-state index in [1.165, 1.54) is 24.4 Å². The molecular weight excluding hydrogens is 723 g/mol. The van der Waals surface area contributed by atoms with E-state index in [-0.39, 0.29) is 39.4 Å². The van der Waals surface area contributed by atoms with E-state index >= 15 is 0 Å². The van der Waals surface area contributed by atoms with Crippen molar-refractivity contribution in [1.82, 2.24) is 9.88 Å². The van der Waals surface area contributed by atoms with Crippen LogP contribution in [0.1, 0.15) is 54.3 Å². The van der Waals surface area contributed by atoms with E-state index in [2.05, 4.69) is 38.2 Å². The maximum absolute atomic E-state index is 13.6. The summed E-state index contributed by atoms with van der Waals surface area (Å²) in [6, 6.07) is 12.1. The second-order valence-electron chi connectivity index (χ2n) is 11.2. The summed E-state index contributed by atoms with van der Waals surface area (Å²) in [5.74, 6) is -0.762. The average Bonchev–Trinajstić information content (AvgIpc) is 2.93. The molecule has 14 heteroatoms. The largest absolute Gasteiger partial charge is 0.489 e. The predicted molar refractivity (Wildman–Crippen MR) is 175 cm³/mol. The fourth-order valence-corrected chi connectivity index (χ4v) is 5.56. The second-order valence-corrected chi connectivity index (χ2v) is 14.9. The lowest BCUT2D eigenvalue weighted by atomic mass is 10.1. The standard InChI is InChI=1S/C30H32ClIN4O7S/c1-30(2,3)43-29(39)36-13-11-20(12-14-36)42-25-16-21(44(4,40)41)7-9-23(25)28(38)34-24-15-19(32)6-8-22(24)27(37)35-26-10-5-18(31)17-33-26/h5-10,15-17,20H,11-14H2,1-4H3,(H,34,38)(H,33,35,37). The summed E-state index contributed by atoms with van der Waals surface area (Å²) >= 11 is 7.95. The van der Waals surface area contributed by atoms with Crippen molar-refractivity contribution < 1.29 is 32.3 Å². The normalized spacial score (nSPS) is 14.1. The molecule has 3 amide bonds. The van der Waals surface area contributed by atoms with Gasteiger partial charge < -0.3 is 25.0 Å². The molecule has 0 saturated carbocycles. The molecule has 1 aliphatic heterocycles. The molecule has 1 fully saturated rings. The minimum atomic E-state index is -3.61. The van der Waals surface area contributed by atoms with Gasteiger partial charge in [-0.05, 0) is 91.9 Å². The summed E-state index contributed by atoms with van der Waals surface area (Å²) < 4.78 is 37.1. The van der Waals surface area contributed by atoms with Gasteiger partial charge in [-0.1, -0.05) is 11.6 Å². The molecular formula is C30H32ClIN4O7S. The lowest BCUT2D eigenvalue weighted by Crippen LogP contribution is -2.44. The zero-order chi connectivity index (χ0) is 32.2. The van der Waals surface area contributed by atoms with Gasteiger partial charge in [0.25, 0.3) is 11.8 Å². The van der Waals surface area contributed by atoms with Crippen LogP contribution in [0.15, 0.2) is 59.6 Å². The molecule has 0 spiro atoms. The Balaban J connectivity index is 1.55. The van der Waals surface area contributed by atoms with Gasteiger partial charge in [0, 0.05) is 42.0 Å². The Morgan fingerprint density at radius 1 is 0.977 bits per heavy atom. The zero-order valence-electron chi connectivity index (χ0n) is 24.5. The number of nitrogens with one attached hydrogen (secondary N) is 2. The number of ether oxygens (including phenoxy) is 2. The summed E-state index contributed by atoms with van der Waals surface area (Å²) in [6.45, 7) is 6.13. The van der Waals surface area contributed by atoms with Crippen LogP contribution in [0.3, 0.4) is 0 Å². The fraction of sp³-hybridized carbons (Fsp3) is 0.333. The van der Waals surface area contributed by atoms with Gasteiger partial charge in [-0.2, -0.15) is 0 Å². The van der Waals surface area contributed by atoms with Crippen molar-refractivity contribution in [3.05, 3.63) is 74.4 Å². The van der Waals surface area contributed by atoms with Gasteiger partial charge in [-0.25, -0.2) is 18.2 Å². The smallest absolute Gasteiger partial charge is 0.410 e. The van der Waals surface area contributed by atoms with Crippen molar-refractivity contribution in [1.29, 1.82) is 0 Å². The van der Waals surface area contributed by atoms with Crippen molar-refractivity contribution in [3.8, 4) is 5.75 Å². The lowest BCUT2D eigenvalue weighted by Gasteiger charge is -2.33. The number of anilines is 2. The van der Waals surface area contributed by atoms with E-state index in [4.69, 9.17) is 21.1 Å². The maximum atomic E-state index is 13.6. The number of piperidine rings is 1. The number of amides is 3. The van der Waals surface area contributed by atoms with E-state index < -0.39 is 33.3 Å². The molecule has 2 aromatic carbocycles. The van der Waals surface area contributed by atoms with Gasteiger partial charge in [0.1, 0.15) is 23.3 Å². The molecule has 0 aliphatic carbocycles. The molecule has 0 atom stereocenters. The summed E-state index contributed by atoms with van der Waals surface area (Å²) in [5, 5.41) is 5.87. The van der Waals surface area contributed by atoms with Crippen LogP contribution in [0, 0.1) is 3.57 Å². The molecule has 0 bridgehead atoms. The van der Waals surface area contributed by atoms with Crippen LogP contribution in [0.5, 0.6) is 5.75 Å². The summed E-state index contributed by atoms with van der Waals surface area (Å²) in [7, 11) is -3.61. The number of carbonyl (C=O) groups is 3. The highest BCUT2D eigenvalue weighted by atomic mass is 127. The van der Waals surface area contributed by atoms with E-state index in [0.717, 1.165) is 9.83 Å². The van der Waals surface area contributed by atoms with E-state index in [1.54, 1.807) is 56.0 Å². The van der Waals surface area contributed by atoms with Crippen LogP contribution >= 0.6 is 34.2 Å². The van der Waals surface area contributed by atoms with Crippen LogP contribution in [0.4, 0.5) is 16.3 Å². The van der Waals surface area contributed by atoms with Gasteiger partial charge in [-0.3, -0.25) is 9.59 Å². The molecule has 11 nitrogen and oxygen atoms in total. The predicted octanol–water partition coefficient (Wildman–Crippen LogP) is 6.03. The Morgan fingerprint density at radius 2 is 1.64 bits per heavy atom. The van der Waals surface area contributed by atoms with Gasteiger partial charge in [0.05, 0.1) is 26.7 Å². The Labute approximate surface area is 274 Å². The molecule has 44 heavy (non-hydrogen) atoms. The number of likely N-dealkylation sites (tertiary alicyclic amines) is 1. The molecule has 4 rings (SSSR count). The Hall–Kier alpha value is -3.43. The molecule has 1 aromatic heterocycles. The number of benzene rings is 2. The Kier molecular flexibility index (Phi) is 10.4. The summed E-state index contributed by atoms with van der Waals surface area (Å²) in [5.41, 5.74) is -0.128. The average molecular weight is 755 g/mol. The molecule has 3 aromatic rings. The molecule has 1 aliphatic rings. The molecule has 234 valence electrons. The summed E-state index contributed by atoms with van der Waals surface area (Å²) in [6.07, 6.45) is 2.56. The third-order valence-electron chi connectivity index (χ3n) is 6.46. The third-order valence-corrected chi connectivity index (χ3v) is 8.46. The maximum Gasteiger partial charge on any atom is 0.410 e. The topological polar surface area (TPSA) is 144 Å². The zero-order valence-corrected chi connectivity index (χ0v) is 28.2.